The summed E-state index contributed by atoms with van der Waals surface area (Å²) < 4.78 is 0. The van der Waals surface area contributed by atoms with E-state index in [0.717, 1.165) is 0 Å². The van der Waals surface area contributed by atoms with Crippen LogP contribution < -0.4 is 0 Å². The zero-order chi connectivity index (χ0) is 8.15. The minimum absolute atomic E-state index is 0.667. The Bertz CT molecular complexity index is 70.9. The summed E-state index contributed by atoms with van der Waals surface area (Å²) in [5.41, 5.74) is 0. The molecule has 0 aliphatic rings. The highest BCUT2D eigenvalue weighted by molar-refractivity contribution is 7.39. The molecule has 0 aliphatic heterocycles. The second kappa shape index (κ2) is 4.93. The molecule has 2 radical (unpaired) electrons. The molecule has 0 amide bonds. The third-order valence-corrected chi connectivity index (χ3v) is 1.38. The first-order valence-corrected chi connectivity index (χ1v) is 4.22. The first-order valence-electron chi connectivity index (χ1n) is 4.22. The van der Waals surface area contributed by atoms with Crippen molar-refractivity contribution in [2.24, 2.45) is 0 Å². The molecule has 0 atom stereocenters. The quantitative estimate of drug-likeness (QED) is 0.516. The van der Waals surface area contributed by atoms with Crippen molar-refractivity contribution < 1.29 is 0 Å². The number of hydrogen-bond donors (Lipinski definition) is 0. The average Bonchev–Trinajstić information content (AvgIpc) is 1.58. The minimum atomic E-state index is 0.667. The summed E-state index contributed by atoms with van der Waals surface area (Å²) in [5, 5.41) is 0. The molecule has 3 heteroatoms. The lowest BCUT2D eigenvalue weighted by Crippen LogP contribution is -2.29. The van der Waals surface area contributed by atoms with Crippen LogP contribution in [0.5, 0.6) is 0 Å². The fourth-order valence-electron chi connectivity index (χ4n) is 1.28. The molecule has 0 aromatic rings. The second-order valence-corrected chi connectivity index (χ2v) is 3.73. The van der Waals surface area contributed by atoms with Crippen molar-refractivity contribution in [1.29, 1.82) is 0 Å². The highest BCUT2D eigenvalue weighted by atomic mass is 13.7. The normalized spacial score (nSPS) is 10.3. The summed E-state index contributed by atoms with van der Waals surface area (Å²) in [7, 11) is 4.75. The van der Waals surface area contributed by atoms with Crippen molar-refractivity contribution in [3.05, 3.63) is 0 Å². The summed E-state index contributed by atoms with van der Waals surface area (Å²) in [6.07, 6.45) is 0. The van der Waals surface area contributed by atoms with Crippen LogP contribution in [0.1, 0.15) is 27.7 Å². The Balaban J connectivity index is 3.34. The van der Waals surface area contributed by atoms with Gasteiger partial charge >= 0.3 is 0 Å². The van der Waals surface area contributed by atoms with Gasteiger partial charge in [0.1, 0.15) is 0 Å². The molecular formula is C7H17B3. The fourth-order valence-corrected chi connectivity index (χ4v) is 1.28. The minimum Gasteiger partial charge on any atom is -0.0999 e. The summed E-state index contributed by atoms with van der Waals surface area (Å²) >= 11 is 0. The Hall–Kier alpha value is 0.195. The predicted molar refractivity (Wildman–Crippen MR) is 53.3 cm³/mol. The van der Waals surface area contributed by atoms with E-state index in [1.807, 2.05) is 0 Å². The smallest absolute Gasteiger partial charge is 0.0684 e. The third kappa shape index (κ3) is 6.32. The van der Waals surface area contributed by atoms with Gasteiger partial charge in [-0.15, -0.1) is 0 Å². The molecule has 0 bridgehead atoms. The predicted octanol–water partition coefficient (Wildman–Crippen LogP) is 2.17. The van der Waals surface area contributed by atoms with Crippen LogP contribution in [0.25, 0.3) is 0 Å². The van der Waals surface area contributed by atoms with E-state index in [9.17, 15) is 0 Å². The lowest BCUT2D eigenvalue weighted by molar-refractivity contribution is 1.07. The molecule has 0 saturated carbocycles. The van der Waals surface area contributed by atoms with Crippen LogP contribution in [0.2, 0.25) is 18.5 Å². The average molecular weight is 134 g/mol. The largest absolute Gasteiger partial charge is 0.0999 e. The summed E-state index contributed by atoms with van der Waals surface area (Å²) in [6, 6.07) is 0. The Labute approximate surface area is 67.7 Å². The van der Waals surface area contributed by atoms with Crippen LogP contribution in [-0.2, 0) is 0 Å². The van der Waals surface area contributed by atoms with Crippen molar-refractivity contribution in [3.8, 4) is 0 Å². The van der Waals surface area contributed by atoms with Crippen molar-refractivity contribution in [2.75, 3.05) is 0 Å². The van der Waals surface area contributed by atoms with E-state index in [0.29, 0.717) is 18.1 Å². The molecule has 0 spiro atoms. The first-order chi connectivity index (χ1) is 4.52. The van der Waals surface area contributed by atoms with Gasteiger partial charge in [0.15, 0.2) is 0 Å². The Morgan fingerprint density at radius 2 is 1.20 bits per heavy atom. The maximum atomic E-state index is 2.38. The molecule has 10 heavy (non-hydrogen) atoms. The topological polar surface area (TPSA) is 0 Å². The SMILES string of the molecule is CB([B]C(C)C)[B]C(C)C. The van der Waals surface area contributed by atoms with Crippen LogP contribution in [0, 0.1) is 0 Å². The molecule has 0 N–H and O–H groups in total. The molecule has 0 saturated heterocycles. The van der Waals surface area contributed by atoms with Crippen LogP contribution >= 0.6 is 0 Å². The van der Waals surface area contributed by atoms with Gasteiger partial charge in [-0.25, -0.2) is 0 Å². The molecule has 0 rings (SSSR count). The van der Waals surface area contributed by atoms with E-state index in [2.05, 4.69) is 48.9 Å². The van der Waals surface area contributed by atoms with Gasteiger partial charge in [-0.2, -0.15) is 0 Å². The Kier molecular flexibility index (Phi) is 5.02. The van der Waals surface area contributed by atoms with Crippen LogP contribution in [0.15, 0.2) is 0 Å². The van der Waals surface area contributed by atoms with Gasteiger partial charge in [-0.3, -0.25) is 0 Å². The third-order valence-electron chi connectivity index (χ3n) is 1.38. The van der Waals surface area contributed by atoms with Gasteiger partial charge in [0.05, 0.1) is 20.8 Å². The lowest BCUT2D eigenvalue weighted by Gasteiger charge is -2.10. The zero-order valence-electron chi connectivity index (χ0n) is 7.89. The number of hydrogen-bond acceptors (Lipinski definition) is 0. The van der Waals surface area contributed by atoms with Crippen LogP contribution in [0.4, 0.5) is 0 Å². The van der Waals surface area contributed by atoms with Gasteiger partial charge in [-0.1, -0.05) is 46.2 Å². The summed E-state index contributed by atoms with van der Waals surface area (Å²) in [4.78, 5) is 0. The van der Waals surface area contributed by atoms with Crippen LogP contribution in [0.3, 0.4) is 0 Å². The van der Waals surface area contributed by atoms with Gasteiger partial charge in [0.2, 0.25) is 0 Å². The van der Waals surface area contributed by atoms with Gasteiger partial charge in [0.25, 0.3) is 0 Å². The molecular weight excluding hydrogens is 117 g/mol. The van der Waals surface area contributed by atoms with Crippen LogP contribution in [-0.4, -0.2) is 20.8 Å². The van der Waals surface area contributed by atoms with Gasteiger partial charge < -0.3 is 0 Å². The Morgan fingerprint density at radius 1 is 0.900 bits per heavy atom. The first kappa shape index (κ1) is 10.2. The summed E-state index contributed by atoms with van der Waals surface area (Å²) in [5.74, 6) is 1.43. The fraction of sp³-hybridized carbons (Fsp3) is 1.00. The molecule has 54 valence electrons. The molecule has 0 aromatic heterocycles. The second-order valence-electron chi connectivity index (χ2n) is 3.73. The van der Waals surface area contributed by atoms with Crippen molar-refractivity contribution in [1.82, 2.24) is 0 Å². The molecule has 0 aliphatic carbocycles. The van der Waals surface area contributed by atoms with Crippen molar-refractivity contribution in [2.45, 2.75) is 46.2 Å². The molecule has 0 unspecified atom stereocenters. The summed E-state index contributed by atoms with van der Waals surface area (Å²) in [6.45, 7) is 11.8. The zero-order valence-corrected chi connectivity index (χ0v) is 7.89. The standard InChI is InChI=1S/C7H17B3/c1-6(2)8-10(5)9-7(3)4/h6-7H,1-5H3. The van der Waals surface area contributed by atoms with Gasteiger partial charge in [0, 0.05) is 0 Å². The Morgan fingerprint density at radius 3 is 1.40 bits per heavy atom. The highest BCUT2D eigenvalue weighted by Crippen LogP contribution is 2.03. The molecule has 0 nitrogen and oxygen atoms in total. The van der Waals surface area contributed by atoms with Crippen molar-refractivity contribution in [3.63, 3.8) is 0 Å². The van der Waals surface area contributed by atoms with E-state index in [-0.39, 0.29) is 0 Å². The van der Waals surface area contributed by atoms with E-state index in [1.54, 1.807) is 0 Å². The molecule has 0 aromatic carbocycles. The molecule has 0 fully saturated rings. The van der Waals surface area contributed by atoms with E-state index in [1.165, 1.54) is 0 Å². The molecule has 0 heterocycles. The maximum absolute atomic E-state index is 2.38. The number of rotatable bonds is 4. The van der Waals surface area contributed by atoms with Gasteiger partial charge in [-0.05, 0) is 0 Å². The monoisotopic (exact) mass is 134 g/mol. The highest BCUT2D eigenvalue weighted by Gasteiger charge is 2.11. The maximum Gasteiger partial charge on any atom is 0.0684 e. The van der Waals surface area contributed by atoms with E-state index in [4.69, 9.17) is 0 Å². The van der Waals surface area contributed by atoms with Crippen molar-refractivity contribution >= 4 is 20.8 Å². The van der Waals surface area contributed by atoms with E-state index >= 15 is 0 Å². The van der Waals surface area contributed by atoms with E-state index < -0.39 is 0 Å². The lowest BCUT2D eigenvalue weighted by atomic mass is 9.02.